The van der Waals surface area contributed by atoms with Crippen LogP contribution in [0.5, 0.6) is 0 Å². The lowest BCUT2D eigenvalue weighted by Crippen LogP contribution is -2.35. The number of ether oxygens (including phenoxy) is 1. The molecule has 0 aromatic carbocycles. The molecule has 0 unspecified atom stereocenters. The van der Waals surface area contributed by atoms with E-state index in [4.69, 9.17) is 4.74 Å². The second kappa shape index (κ2) is 7.80. The van der Waals surface area contributed by atoms with Crippen molar-refractivity contribution in [2.45, 2.75) is 19.5 Å². The molecule has 4 rings (SSSR count). The number of hydrogen-bond donors (Lipinski definition) is 2. The molecular weight excluding hydrogens is 370 g/mol. The number of pyridine rings is 1. The third-order valence-corrected chi connectivity index (χ3v) is 4.55. The summed E-state index contributed by atoms with van der Waals surface area (Å²) in [5.74, 6) is -0.230. The smallest absolute Gasteiger partial charge is 0.255 e. The maximum atomic E-state index is 12.6. The molecule has 4 aromatic rings. The molecule has 9 nitrogen and oxygen atoms in total. The number of nitrogens with one attached hydrogen (secondary N) is 2. The number of carbonyl (C=O) groups excluding carboxylic acids is 1. The minimum atomic E-state index is -0.230. The fourth-order valence-electron chi connectivity index (χ4n) is 3.22. The largest absolute Gasteiger partial charge is 0.383 e. The first-order chi connectivity index (χ1) is 14.1. The second-order valence-electron chi connectivity index (χ2n) is 6.77. The Labute approximate surface area is 166 Å². The number of nitrogens with zero attached hydrogens (tertiary/aromatic N) is 5. The normalized spacial score (nSPS) is 12.3. The quantitative estimate of drug-likeness (QED) is 0.470. The van der Waals surface area contributed by atoms with E-state index in [0.29, 0.717) is 35.6 Å². The molecule has 0 saturated heterocycles. The number of aliphatic imine (C=N–C) groups is 1. The Hall–Kier alpha value is -3.59. The van der Waals surface area contributed by atoms with E-state index in [0.717, 1.165) is 16.9 Å². The van der Waals surface area contributed by atoms with Gasteiger partial charge in [0.05, 0.1) is 36.8 Å². The van der Waals surface area contributed by atoms with Crippen LogP contribution in [0.1, 0.15) is 22.8 Å². The van der Waals surface area contributed by atoms with Crippen molar-refractivity contribution < 1.29 is 9.53 Å². The number of aromatic nitrogens is 5. The minimum absolute atomic E-state index is 0.119. The third kappa shape index (κ3) is 3.59. The molecule has 0 bridgehead atoms. The first kappa shape index (κ1) is 18.8. The predicted molar refractivity (Wildman–Crippen MR) is 110 cm³/mol. The molecule has 0 spiro atoms. The summed E-state index contributed by atoms with van der Waals surface area (Å²) in [6, 6.07) is 3.80. The highest BCUT2D eigenvalue weighted by Crippen LogP contribution is 2.23. The Morgan fingerprint density at radius 2 is 2.28 bits per heavy atom. The summed E-state index contributed by atoms with van der Waals surface area (Å²) < 4.78 is 7.00. The highest BCUT2D eigenvalue weighted by Gasteiger charge is 2.18. The molecule has 0 fully saturated rings. The zero-order chi connectivity index (χ0) is 20.4. The van der Waals surface area contributed by atoms with Crippen molar-refractivity contribution in [3.05, 3.63) is 48.0 Å². The topological polar surface area (TPSA) is 110 Å². The monoisotopic (exact) mass is 391 g/mol. The Bertz CT molecular complexity index is 1190. The van der Waals surface area contributed by atoms with Crippen LogP contribution < -0.4 is 5.32 Å². The van der Waals surface area contributed by atoms with E-state index in [2.05, 4.69) is 37.0 Å². The maximum Gasteiger partial charge on any atom is 0.255 e. The van der Waals surface area contributed by atoms with E-state index in [9.17, 15) is 4.79 Å². The molecule has 9 heteroatoms. The van der Waals surface area contributed by atoms with Gasteiger partial charge in [0.2, 0.25) is 0 Å². The van der Waals surface area contributed by atoms with E-state index in [1.807, 2.05) is 29.7 Å². The number of H-pyrrole nitrogens is 1. The molecule has 0 saturated carbocycles. The average Bonchev–Trinajstić information content (AvgIpc) is 3.31. The average molecular weight is 391 g/mol. The lowest BCUT2D eigenvalue weighted by molar-refractivity contribution is 0.0907. The molecular formula is C20H21N7O2. The van der Waals surface area contributed by atoms with Gasteiger partial charge in [-0.15, -0.1) is 0 Å². The molecule has 2 N–H and O–H groups in total. The zero-order valence-corrected chi connectivity index (χ0v) is 16.2. The zero-order valence-electron chi connectivity index (χ0n) is 16.2. The van der Waals surface area contributed by atoms with Crippen LogP contribution in [-0.2, 0) is 11.3 Å². The maximum absolute atomic E-state index is 12.6. The van der Waals surface area contributed by atoms with Crippen molar-refractivity contribution in [3.63, 3.8) is 0 Å². The van der Waals surface area contributed by atoms with Gasteiger partial charge < -0.3 is 15.0 Å². The van der Waals surface area contributed by atoms with Crippen LogP contribution in [0.3, 0.4) is 0 Å². The van der Waals surface area contributed by atoms with Crippen molar-refractivity contribution in [1.29, 1.82) is 0 Å². The van der Waals surface area contributed by atoms with Gasteiger partial charge in [-0.3, -0.25) is 14.2 Å². The minimum Gasteiger partial charge on any atom is -0.383 e. The van der Waals surface area contributed by atoms with Gasteiger partial charge in [0.25, 0.3) is 5.91 Å². The van der Waals surface area contributed by atoms with E-state index in [-0.39, 0.29) is 11.9 Å². The lowest BCUT2D eigenvalue weighted by atomic mass is 10.2. The van der Waals surface area contributed by atoms with Crippen LogP contribution in [0.4, 0.5) is 0 Å². The van der Waals surface area contributed by atoms with Gasteiger partial charge in [0.15, 0.2) is 5.65 Å². The summed E-state index contributed by atoms with van der Waals surface area (Å²) in [6.45, 7) is 6.36. The van der Waals surface area contributed by atoms with Gasteiger partial charge in [-0.1, -0.05) is 0 Å². The predicted octanol–water partition coefficient (Wildman–Crippen LogP) is 2.24. The van der Waals surface area contributed by atoms with Crippen LogP contribution in [0.15, 0.2) is 41.9 Å². The van der Waals surface area contributed by atoms with Crippen molar-refractivity contribution in [2.24, 2.45) is 4.99 Å². The Morgan fingerprint density at radius 3 is 3.07 bits per heavy atom. The number of amides is 1. The summed E-state index contributed by atoms with van der Waals surface area (Å²) in [4.78, 5) is 33.1. The summed E-state index contributed by atoms with van der Waals surface area (Å²) in [6.07, 6.45) is 6.94. The number of methoxy groups -OCH3 is 1. The van der Waals surface area contributed by atoms with E-state index in [1.54, 1.807) is 25.7 Å². The van der Waals surface area contributed by atoms with Crippen LogP contribution in [0, 0.1) is 0 Å². The van der Waals surface area contributed by atoms with Crippen molar-refractivity contribution in [2.75, 3.05) is 13.7 Å². The van der Waals surface area contributed by atoms with E-state index >= 15 is 0 Å². The number of fused-ring (bicyclic) bond motifs is 2. The number of aromatic amines is 1. The van der Waals surface area contributed by atoms with Crippen LogP contribution in [-0.4, -0.2) is 56.7 Å². The van der Waals surface area contributed by atoms with Gasteiger partial charge >= 0.3 is 0 Å². The van der Waals surface area contributed by atoms with Gasteiger partial charge in [0.1, 0.15) is 16.9 Å². The molecule has 0 aliphatic heterocycles. The molecule has 1 atom stereocenters. The van der Waals surface area contributed by atoms with Gasteiger partial charge in [0, 0.05) is 25.5 Å². The summed E-state index contributed by atoms with van der Waals surface area (Å²) in [5.41, 5.74) is 4.71. The molecule has 4 heterocycles. The SMILES string of the molecule is C=NCc1ccn2c(-c3cnc4[nH]cc(C(=O)N[C@@H](C)COC)c4n3)cnc2c1. The molecule has 0 aliphatic rings. The highest BCUT2D eigenvalue weighted by atomic mass is 16.5. The van der Waals surface area contributed by atoms with Crippen molar-refractivity contribution in [3.8, 4) is 11.4 Å². The Morgan fingerprint density at radius 1 is 1.41 bits per heavy atom. The van der Waals surface area contributed by atoms with Gasteiger partial charge in [-0.25, -0.2) is 15.0 Å². The highest BCUT2D eigenvalue weighted by molar-refractivity contribution is 6.04. The summed E-state index contributed by atoms with van der Waals surface area (Å²) >= 11 is 0. The first-order valence-electron chi connectivity index (χ1n) is 9.13. The van der Waals surface area contributed by atoms with E-state index in [1.165, 1.54) is 0 Å². The molecule has 1 amide bonds. The fourth-order valence-corrected chi connectivity index (χ4v) is 3.22. The lowest BCUT2D eigenvalue weighted by Gasteiger charge is -2.11. The number of rotatable bonds is 7. The Kier molecular flexibility index (Phi) is 5.05. The first-order valence-corrected chi connectivity index (χ1v) is 9.13. The number of carbonyl (C=O) groups is 1. The van der Waals surface area contributed by atoms with Crippen molar-refractivity contribution >= 4 is 29.4 Å². The van der Waals surface area contributed by atoms with Crippen LogP contribution >= 0.6 is 0 Å². The molecule has 0 aliphatic carbocycles. The number of hydrogen-bond acceptors (Lipinski definition) is 6. The number of imidazole rings is 1. The standard InChI is InChI=1S/C20H21N7O2/c1-12(11-29-3)25-20(28)14-8-23-19-18(14)26-15(9-24-19)16-10-22-17-6-13(7-21-2)4-5-27(16)17/h4-6,8-10,12H,2,7,11H2,1,3H3,(H,23,24)(H,25,28)/t12-/m0/s1. The Balaban J connectivity index is 1.71. The van der Waals surface area contributed by atoms with Gasteiger partial charge in [-0.05, 0) is 31.3 Å². The van der Waals surface area contributed by atoms with Crippen molar-refractivity contribution in [1.82, 2.24) is 29.7 Å². The second-order valence-corrected chi connectivity index (χ2v) is 6.77. The van der Waals surface area contributed by atoms with Gasteiger partial charge in [-0.2, -0.15) is 0 Å². The fraction of sp³-hybridized carbons (Fsp3) is 0.250. The van der Waals surface area contributed by atoms with E-state index < -0.39 is 0 Å². The third-order valence-electron chi connectivity index (χ3n) is 4.55. The van der Waals surface area contributed by atoms with Crippen LogP contribution in [0.2, 0.25) is 0 Å². The molecule has 4 aromatic heterocycles. The van der Waals surface area contributed by atoms with Crippen LogP contribution in [0.25, 0.3) is 28.2 Å². The molecule has 148 valence electrons. The molecule has 29 heavy (non-hydrogen) atoms. The molecule has 0 radical (unpaired) electrons. The summed E-state index contributed by atoms with van der Waals surface area (Å²) in [7, 11) is 1.60. The summed E-state index contributed by atoms with van der Waals surface area (Å²) in [5, 5.41) is 2.89.